The maximum absolute atomic E-state index is 5.81. The van der Waals surface area contributed by atoms with Gasteiger partial charge in [-0.25, -0.2) is 4.98 Å². The van der Waals surface area contributed by atoms with Crippen molar-refractivity contribution in [3.63, 3.8) is 0 Å². The summed E-state index contributed by atoms with van der Waals surface area (Å²) in [5.41, 5.74) is 5.81. The van der Waals surface area contributed by atoms with E-state index in [0.717, 1.165) is 61.8 Å². The number of ether oxygens (including phenoxy) is 1. The lowest BCUT2D eigenvalue weighted by Crippen LogP contribution is -2.39. The molecule has 3 heterocycles. The van der Waals surface area contributed by atoms with E-state index < -0.39 is 0 Å². The molecule has 21 heavy (non-hydrogen) atoms. The zero-order chi connectivity index (χ0) is 14.7. The fourth-order valence-corrected chi connectivity index (χ4v) is 3.43. The van der Waals surface area contributed by atoms with Crippen LogP contribution in [0.15, 0.2) is 6.07 Å². The quantitative estimate of drug-likeness (QED) is 0.873. The third kappa shape index (κ3) is 3.42. The lowest BCUT2D eigenvalue weighted by molar-refractivity contribution is 0.0398. The predicted octanol–water partition coefficient (Wildman–Crippen LogP) is 1.58. The molecule has 2 aromatic rings. The molecule has 0 spiro atoms. The molecule has 1 aliphatic rings. The van der Waals surface area contributed by atoms with Gasteiger partial charge in [0.1, 0.15) is 10.6 Å². The van der Waals surface area contributed by atoms with Crippen molar-refractivity contribution in [3.05, 3.63) is 10.9 Å². The van der Waals surface area contributed by atoms with Crippen molar-refractivity contribution in [2.24, 2.45) is 0 Å². The number of hydrogen-bond donors (Lipinski definition) is 2. The van der Waals surface area contributed by atoms with Crippen molar-refractivity contribution in [1.82, 2.24) is 14.9 Å². The maximum Gasteiger partial charge on any atom is 0.223 e. The Morgan fingerprint density at radius 3 is 2.95 bits per heavy atom. The predicted molar refractivity (Wildman–Crippen MR) is 87.0 cm³/mol. The van der Waals surface area contributed by atoms with Crippen molar-refractivity contribution < 1.29 is 4.74 Å². The van der Waals surface area contributed by atoms with E-state index in [0.29, 0.717) is 5.95 Å². The summed E-state index contributed by atoms with van der Waals surface area (Å²) in [4.78, 5) is 13.3. The first-order valence-corrected chi connectivity index (χ1v) is 8.18. The maximum atomic E-state index is 5.81. The summed E-state index contributed by atoms with van der Waals surface area (Å²) in [5.74, 6) is 1.18. The molecule has 114 valence electrons. The molecule has 0 aliphatic carbocycles. The average Bonchev–Trinajstić information content (AvgIpc) is 2.91. The van der Waals surface area contributed by atoms with Crippen LogP contribution < -0.4 is 11.1 Å². The summed E-state index contributed by atoms with van der Waals surface area (Å²) in [7, 11) is 0. The van der Waals surface area contributed by atoms with Gasteiger partial charge in [-0.3, -0.25) is 4.90 Å². The molecular formula is C14H21N5OS. The van der Waals surface area contributed by atoms with E-state index in [4.69, 9.17) is 10.5 Å². The van der Waals surface area contributed by atoms with Crippen molar-refractivity contribution >= 4 is 33.3 Å². The molecule has 1 fully saturated rings. The normalized spacial score (nSPS) is 16.4. The zero-order valence-corrected chi connectivity index (χ0v) is 13.1. The van der Waals surface area contributed by atoms with Crippen LogP contribution in [0.3, 0.4) is 0 Å². The number of fused-ring (bicyclic) bond motifs is 1. The van der Waals surface area contributed by atoms with E-state index in [9.17, 15) is 0 Å². The third-order valence-corrected chi connectivity index (χ3v) is 4.81. The number of morpholine rings is 1. The second kappa shape index (κ2) is 6.55. The molecule has 3 N–H and O–H groups in total. The van der Waals surface area contributed by atoms with Gasteiger partial charge < -0.3 is 15.8 Å². The zero-order valence-electron chi connectivity index (χ0n) is 12.3. The highest BCUT2D eigenvalue weighted by atomic mass is 32.1. The van der Waals surface area contributed by atoms with E-state index in [-0.39, 0.29) is 0 Å². The summed E-state index contributed by atoms with van der Waals surface area (Å²) in [5, 5.41) is 4.48. The standard InChI is InChI=1S/C14H21N5OS/c1-2-10-9-11-12(17-14(15)18-13(11)21-10)16-3-4-19-5-7-20-8-6-19/h9H,2-8H2,1H3,(H3,15,16,17,18). The van der Waals surface area contributed by atoms with Gasteiger partial charge in [-0.2, -0.15) is 4.98 Å². The molecule has 0 amide bonds. The number of hydrogen-bond acceptors (Lipinski definition) is 7. The van der Waals surface area contributed by atoms with Gasteiger partial charge in [0.05, 0.1) is 18.6 Å². The monoisotopic (exact) mass is 307 g/mol. The van der Waals surface area contributed by atoms with Crippen LogP contribution in [-0.2, 0) is 11.2 Å². The first-order chi connectivity index (χ1) is 10.3. The number of anilines is 2. The molecular weight excluding hydrogens is 286 g/mol. The Hall–Kier alpha value is -1.44. The van der Waals surface area contributed by atoms with Gasteiger partial charge in [0.15, 0.2) is 0 Å². The molecule has 0 saturated carbocycles. The highest BCUT2D eigenvalue weighted by molar-refractivity contribution is 7.18. The van der Waals surface area contributed by atoms with Crippen molar-refractivity contribution in [1.29, 1.82) is 0 Å². The van der Waals surface area contributed by atoms with E-state index in [2.05, 4.69) is 33.2 Å². The Morgan fingerprint density at radius 1 is 1.38 bits per heavy atom. The average molecular weight is 307 g/mol. The van der Waals surface area contributed by atoms with Crippen molar-refractivity contribution in [2.75, 3.05) is 50.4 Å². The number of thiophene rings is 1. The van der Waals surface area contributed by atoms with Gasteiger partial charge in [-0.15, -0.1) is 11.3 Å². The molecule has 0 aromatic carbocycles. The molecule has 0 atom stereocenters. The van der Waals surface area contributed by atoms with Gasteiger partial charge in [0.2, 0.25) is 5.95 Å². The van der Waals surface area contributed by atoms with Crippen LogP contribution in [0, 0.1) is 0 Å². The van der Waals surface area contributed by atoms with E-state index >= 15 is 0 Å². The van der Waals surface area contributed by atoms with Gasteiger partial charge in [0.25, 0.3) is 0 Å². The Labute approximate surface area is 128 Å². The molecule has 6 nitrogen and oxygen atoms in total. The first-order valence-electron chi connectivity index (χ1n) is 7.36. The molecule has 0 unspecified atom stereocenters. The van der Waals surface area contributed by atoms with Crippen LogP contribution in [0.1, 0.15) is 11.8 Å². The second-order valence-electron chi connectivity index (χ2n) is 5.10. The summed E-state index contributed by atoms with van der Waals surface area (Å²) in [6, 6.07) is 2.16. The fourth-order valence-electron chi connectivity index (χ4n) is 2.45. The van der Waals surface area contributed by atoms with Crippen LogP contribution >= 0.6 is 11.3 Å². The Balaban J connectivity index is 1.69. The van der Waals surface area contributed by atoms with Crippen LogP contribution in [0.2, 0.25) is 0 Å². The molecule has 7 heteroatoms. The fraction of sp³-hybridized carbons (Fsp3) is 0.571. The number of nitrogen functional groups attached to an aromatic ring is 1. The molecule has 1 saturated heterocycles. The summed E-state index contributed by atoms with van der Waals surface area (Å²) in [6.07, 6.45) is 1.01. The summed E-state index contributed by atoms with van der Waals surface area (Å²) in [6.45, 7) is 7.64. The number of nitrogens with zero attached hydrogens (tertiary/aromatic N) is 3. The minimum atomic E-state index is 0.334. The lowest BCUT2D eigenvalue weighted by Gasteiger charge is -2.26. The highest BCUT2D eigenvalue weighted by Gasteiger charge is 2.12. The van der Waals surface area contributed by atoms with Crippen molar-refractivity contribution in [2.45, 2.75) is 13.3 Å². The molecule has 0 radical (unpaired) electrons. The molecule has 3 rings (SSSR count). The van der Waals surface area contributed by atoms with Crippen LogP contribution in [0.4, 0.5) is 11.8 Å². The number of nitrogens with two attached hydrogens (primary N) is 1. The van der Waals surface area contributed by atoms with Crippen LogP contribution in [0.25, 0.3) is 10.2 Å². The molecule has 0 bridgehead atoms. The van der Waals surface area contributed by atoms with Gasteiger partial charge in [-0.1, -0.05) is 6.92 Å². The number of aryl methyl sites for hydroxylation is 1. The Morgan fingerprint density at radius 2 is 2.19 bits per heavy atom. The van der Waals surface area contributed by atoms with Gasteiger partial charge in [0, 0.05) is 31.1 Å². The van der Waals surface area contributed by atoms with E-state index in [1.54, 1.807) is 11.3 Å². The molecule has 2 aromatic heterocycles. The number of aromatic nitrogens is 2. The Bertz CT molecular complexity index is 609. The largest absolute Gasteiger partial charge is 0.379 e. The lowest BCUT2D eigenvalue weighted by atomic mass is 10.3. The summed E-state index contributed by atoms with van der Waals surface area (Å²) < 4.78 is 5.35. The topological polar surface area (TPSA) is 76.3 Å². The first kappa shape index (κ1) is 14.5. The van der Waals surface area contributed by atoms with Gasteiger partial charge >= 0.3 is 0 Å². The highest BCUT2D eigenvalue weighted by Crippen LogP contribution is 2.29. The van der Waals surface area contributed by atoms with Gasteiger partial charge in [-0.05, 0) is 12.5 Å². The SMILES string of the molecule is CCc1cc2c(NCCN3CCOCC3)nc(N)nc2s1. The summed E-state index contributed by atoms with van der Waals surface area (Å²) >= 11 is 1.69. The number of nitrogens with one attached hydrogen (secondary N) is 1. The van der Waals surface area contributed by atoms with Crippen LogP contribution in [-0.4, -0.2) is 54.3 Å². The van der Waals surface area contributed by atoms with E-state index in [1.165, 1.54) is 4.88 Å². The minimum absolute atomic E-state index is 0.334. The van der Waals surface area contributed by atoms with E-state index in [1.807, 2.05) is 0 Å². The number of rotatable bonds is 5. The Kier molecular flexibility index (Phi) is 4.52. The minimum Gasteiger partial charge on any atom is -0.379 e. The second-order valence-corrected chi connectivity index (χ2v) is 6.21. The third-order valence-electron chi connectivity index (χ3n) is 3.63. The van der Waals surface area contributed by atoms with Crippen molar-refractivity contribution in [3.8, 4) is 0 Å². The smallest absolute Gasteiger partial charge is 0.223 e. The van der Waals surface area contributed by atoms with Crippen LogP contribution in [0.5, 0.6) is 0 Å². The molecule has 1 aliphatic heterocycles.